The van der Waals surface area contributed by atoms with Crippen LogP contribution in [0, 0.1) is 17.2 Å². The van der Waals surface area contributed by atoms with E-state index in [4.69, 9.17) is 10.00 Å². The van der Waals surface area contributed by atoms with Crippen LogP contribution in [0.3, 0.4) is 0 Å². The molecule has 0 spiro atoms. The van der Waals surface area contributed by atoms with Gasteiger partial charge in [0.15, 0.2) is 0 Å². The Labute approximate surface area is 71.5 Å². The average Bonchev–Trinajstić information content (AvgIpc) is 2.56. The number of ether oxygens (including phenoxy) is 1. The summed E-state index contributed by atoms with van der Waals surface area (Å²) in [4.78, 5) is 11.2. The van der Waals surface area contributed by atoms with Crippen LogP contribution < -0.4 is 5.32 Å². The Balaban J connectivity index is 2.15. The fraction of sp³-hybridized carbons (Fsp3) is 0.750. The van der Waals surface area contributed by atoms with Gasteiger partial charge in [-0.15, -0.1) is 0 Å². The summed E-state index contributed by atoms with van der Waals surface area (Å²) < 4.78 is 5.06. The summed E-state index contributed by atoms with van der Waals surface area (Å²) in [6.45, 7) is 1.65. The van der Waals surface area contributed by atoms with Crippen molar-refractivity contribution in [3.05, 3.63) is 0 Å². The van der Waals surface area contributed by atoms with E-state index in [9.17, 15) is 4.79 Å². The molecule has 1 N–H and O–H groups in total. The van der Waals surface area contributed by atoms with E-state index < -0.39 is 0 Å². The lowest BCUT2D eigenvalue weighted by Crippen LogP contribution is -2.31. The lowest BCUT2D eigenvalue weighted by Gasteiger charge is -2.06. The maximum atomic E-state index is 11.2. The second-order valence-corrected chi connectivity index (χ2v) is 2.76. The van der Waals surface area contributed by atoms with Crippen molar-refractivity contribution in [1.29, 1.82) is 5.26 Å². The van der Waals surface area contributed by atoms with E-state index in [1.807, 2.05) is 6.07 Å². The zero-order valence-corrected chi connectivity index (χ0v) is 6.88. The number of carbonyl (C=O) groups excluding carboxylic acids is 1. The van der Waals surface area contributed by atoms with E-state index in [1.165, 1.54) is 0 Å². The maximum Gasteiger partial charge on any atom is 0.225 e. The van der Waals surface area contributed by atoms with Crippen LogP contribution >= 0.6 is 0 Å². The van der Waals surface area contributed by atoms with Gasteiger partial charge in [0.1, 0.15) is 0 Å². The molecule has 66 valence electrons. The molecular formula is C8H12N2O2. The average molecular weight is 168 g/mol. The summed E-state index contributed by atoms with van der Waals surface area (Å²) in [7, 11) is 0. The molecule has 0 saturated carbocycles. The predicted octanol–water partition coefficient (Wildman–Crippen LogP) is 0.0528. The minimum Gasteiger partial charge on any atom is -0.381 e. The van der Waals surface area contributed by atoms with Gasteiger partial charge in [0.05, 0.1) is 25.0 Å². The van der Waals surface area contributed by atoms with Gasteiger partial charge in [0.2, 0.25) is 5.91 Å². The fourth-order valence-electron chi connectivity index (χ4n) is 1.13. The first-order valence-electron chi connectivity index (χ1n) is 4.07. The molecule has 12 heavy (non-hydrogen) atoms. The Morgan fingerprint density at radius 2 is 2.58 bits per heavy atom. The minimum atomic E-state index is 0.00342. The van der Waals surface area contributed by atoms with E-state index in [-0.39, 0.29) is 11.8 Å². The standard InChI is InChI=1S/C8H12N2O2/c9-3-1-4-10-8(11)7-2-5-12-6-7/h7H,1-2,4-6H2,(H,10,11). The molecule has 0 aromatic rings. The summed E-state index contributed by atoms with van der Waals surface area (Å²) in [5, 5.41) is 10.9. The fourth-order valence-corrected chi connectivity index (χ4v) is 1.13. The van der Waals surface area contributed by atoms with Gasteiger partial charge in [-0.05, 0) is 6.42 Å². The molecule has 4 nitrogen and oxygen atoms in total. The van der Waals surface area contributed by atoms with Crippen molar-refractivity contribution in [3.8, 4) is 6.07 Å². The molecule has 1 aliphatic rings. The molecule has 1 rings (SSSR count). The van der Waals surface area contributed by atoms with E-state index in [1.54, 1.807) is 0 Å². The lowest BCUT2D eigenvalue weighted by atomic mass is 10.1. The van der Waals surface area contributed by atoms with E-state index in [0.717, 1.165) is 6.42 Å². The van der Waals surface area contributed by atoms with Crippen LogP contribution in [0.4, 0.5) is 0 Å². The molecule has 1 amide bonds. The number of nitrogens with one attached hydrogen (secondary N) is 1. The van der Waals surface area contributed by atoms with E-state index in [2.05, 4.69) is 5.32 Å². The van der Waals surface area contributed by atoms with Gasteiger partial charge in [-0.25, -0.2) is 0 Å². The van der Waals surface area contributed by atoms with Crippen LogP contribution in [0.1, 0.15) is 12.8 Å². The molecule has 1 fully saturated rings. The van der Waals surface area contributed by atoms with E-state index >= 15 is 0 Å². The number of nitrogens with zero attached hydrogens (tertiary/aromatic N) is 1. The normalized spacial score (nSPS) is 21.8. The molecule has 0 radical (unpaired) electrons. The molecule has 1 atom stereocenters. The van der Waals surface area contributed by atoms with Crippen molar-refractivity contribution in [1.82, 2.24) is 5.32 Å². The first-order valence-corrected chi connectivity index (χ1v) is 4.07. The lowest BCUT2D eigenvalue weighted by molar-refractivity contribution is -0.124. The highest BCUT2D eigenvalue weighted by Crippen LogP contribution is 2.11. The Morgan fingerprint density at radius 3 is 3.17 bits per heavy atom. The van der Waals surface area contributed by atoms with Crippen molar-refractivity contribution in [2.45, 2.75) is 12.8 Å². The van der Waals surface area contributed by atoms with Crippen LogP contribution in [-0.2, 0) is 9.53 Å². The summed E-state index contributed by atoms with van der Waals surface area (Å²) in [5.41, 5.74) is 0. The second kappa shape index (κ2) is 4.73. The molecule has 1 saturated heterocycles. The summed E-state index contributed by atoms with van der Waals surface area (Å²) in [5.74, 6) is 0.0199. The van der Waals surface area contributed by atoms with Crippen LogP contribution in [0.2, 0.25) is 0 Å². The Hall–Kier alpha value is -1.08. The molecule has 1 heterocycles. The number of carbonyl (C=O) groups is 1. The molecule has 4 heteroatoms. The van der Waals surface area contributed by atoms with Crippen LogP contribution in [0.5, 0.6) is 0 Å². The topological polar surface area (TPSA) is 62.1 Å². The number of amides is 1. The molecule has 0 bridgehead atoms. The maximum absolute atomic E-state index is 11.2. The highest BCUT2D eigenvalue weighted by molar-refractivity contribution is 5.78. The molecule has 0 aromatic carbocycles. The third-order valence-electron chi connectivity index (χ3n) is 1.84. The zero-order chi connectivity index (χ0) is 8.81. The Kier molecular flexibility index (Phi) is 3.55. The second-order valence-electron chi connectivity index (χ2n) is 2.76. The van der Waals surface area contributed by atoms with E-state index in [0.29, 0.717) is 26.2 Å². The van der Waals surface area contributed by atoms with Gasteiger partial charge in [-0.1, -0.05) is 0 Å². The van der Waals surface area contributed by atoms with Crippen molar-refractivity contribution < 1.29 is 9.53 Å². The quantitative estimate of drug-likeness (QED) is 0.606. The molecule has 1 unspecified atom stereocenters. The van der Waals surface area contributed by atoms with Gasteiger partial charge < -0.3 is 10.1 Å². The summed E-state index contributed by atoms with van der Waals surface area (Å²) >= 11 is 0. The Bertz CT molecular complexity index is 192. The third kappa shape index (κ3) is 2.51. The smallest absolute Gasteiger partial charge is 0.225 e. The number of nitriles is 1. The van der Waals surface area contributed by atoms with Gasteiger partial charge >= 0.3 is 0 Å². The summed E-state index contributed by atoms with van der Waals surface area (Å²) in [6.07, 6.45) is 1.18. The molecule has 0 aliphatic carbocycles. The van der Waals surface area contributed by atoms with Gasteiger partial charge in [0, 0.05) is 13.2 Å². The third-order valence-corrected chi connectivity index (χ3v) is 1.84. The van der Waals surface area contributed by atoms with Crippen LogP contribution in [0.25, 0.3) is 0 Å². The molecule has 1 aliphatic heterocycles. The largest absolute Gasteiger partial charge is 0.381 e. The van der Waals surface area contributed by atoms with Gasteiger partial charge in [0.25, 0.3) is 0 Å². The number of rotatable bonds is 3. The first kappa shape index (κ1) is 9.01. The van der Waals surface area contributed by atoms with Crippen molar-refractivity contribution in [2.75, 3.05) is 19.8 Å². The van der Waals surface area contributed by atoms with Crippen molar-refractivity contribution >= 4 is 5.91 Å². The predicted molar refractivity (Wildman–Crippen MR) is 42.2 cm³/mol. The SMILES string of the molecule is N#CCCNC(=O)C1CCOC1. The highest BCUT2D eigenvalue weighted by Gasteiger charge is 2.22. The summed E-state index contributed by atoms with van der Waals surface area (Å²) in [6, 6.07) is 1.97. The van der Waals surface area contributed by atoms with Crippen molar-refractivity contribution in [3.63, 3.8) is 0 Å². The Morgan fingerprint density at radius 1 is 1.75 bits per heavy atom. The van der Waals surface area contributed by atoms with Gasteiger partial charge in [-0.2, -0.15) is 5.26 Å². The monoisotopic (exact) mass is 168 g/mol. The molecular weight excluding hydrogens is 156 g/mol. The first-order chi connectivity index (χ1) is 5.84. The molecule has 0 aromatic heterocycles. The van der Waals surface area contributed by atoms with Crippen LogP contribution in [-0.4, -0.2) is 25.7 Å². The highest BCUT2D eigenvalue weighted by atomic mass is 16.5. The minimum absolute atomic E-state index is 0.00342. The zero-order valence-electron chi connectivity index (χ0n) is 6.88. The van der Waals surface area contributed by atoms with Crippen LogP contribution in [0.15, 0.2) is 0 Å². The van der Waals surface area contributed by atoms with Crippen molar-refractivity contribution in [2.24, 2.45) is 5.92 Å². The number of hydrogen-bond donors (Lipinski definition) is 1. The van der Waals surface area contributed by atoms with Gasteiger partial charge in [-0.3, -0.25) is 4.79 Å². The number of hydrogen-bond acceptors (Lipinski definition) is 3.